The quantitative estimate of drug-likeness (QED) is 0.631. The fraction of sp³-hybridized carbons (Fsp3) is 0.158. The molecule has 0 saturated heterocycles. The normalized spacial score (nSPS) is 11.3. The first-order valence-electron chi connectivity index (χ1n) is 8.26. The molecule has 2 N–H and O–H groups in total. The molecule has 29 heavy (non-hydrogen) atoms. The molecule has 2 aromatic carbocycles. The van der Waals surface area contributed by atoms with Gasteiger partial charge >= 0.3 is 6.18 Å². The number of amides is 1. The minimum atomic E-state index is -4.95. The Morgan fingerprint density at radius 2 is 1.97 bits per heavy atom. The van der Waals surface area contributed by atoms with Crippen molar-refractivity contribution in [1.29, 1.82) is 0 Å². The first kappa shape index (κ1) is 20.2. The maximum absolute atomic E-state index is 14.0. The number of carbonyl (C=O) groups excluding carboxylic acids is 1. The Morgan fingerprint density at radius 3 is 2.62 bits per heavy atom. The maximum atomic E-state index is 14.0. The molecule has 0 fully saturated rings. The van der Waals surface area contributed by atoms with Crippen molar-refractivity contribution in [2.75, 3.05) is 7.11 Å². The van der Waals surface area contributed by atoms with Crippen LogP contribution >= 0.6 is 0 Å². The van der Waals surface area contributed by atoms with Crippen molar-refractivity contribution >= 4 is 5.91 Å². The molecule has 0 aliphatic heterocycles. The summed E-state index contributed by atoms with van der Waals surface area (Å²) in [5, 5.41) is 15.5. The SMILES string of the molecule is COc1cc(CNC(=O)c2cnn(-c3ccccc3F)c2C(F)(F)F)ccc1O. The Balaban J connectivity index is 1.90. The van der Waals surface area contributed by atoms with Crippen LogP contribution in [0, 0.1) is 5.82 Å². The molecule has 0 aliphatic carbocycles. The smallest absolute Gasteiger partial charge is 0.434 e. The van der Waals surface area contributed by atoms with Crippen LogP contribution in [0.2, 0.25) is 0 Å². The number of nitrogens with one attached hydrogen (secondary N) is 1. The van der Waals surface area contributed by atoms with Crippen LogP contribution in [0.3, 0.4) is 0 Å². The van der Waals surface area contributed by atoms with Gasteiger partial charge in [-0.25, -0.2) is 9.07 Å². The van der Waals surface area contributed by atoms with Crippen LogP contribution in [0.25, 0.3) is 5.69 Å². The van der Waals surface area contributed by atoms with E-state index in [9.17, 15) is 27.5 Å². The number of ether oxygens (including phenoxy) is 1. The Morgan fingerprint density at radius 1 is 1.24 bits per heavy atom. The Kier molecular flexibility index (Phi) is 5.44. The van der Waals surface area contributed by atoms with Gasteiger partial charge in [0, 0.05) is 6.54 Å². The predicted molar refractivity (Wildman–Crippen MR) is 94.4 cm³/mol. The maximum Gasteiger partial charge on any atom is 0.434 e. The molecular formula is C19H15F4N3O3. The van der Waals surface area contributed by atoms with Crippen LogP contribution in [-0.4, -0.2) is 27.9 Å². The summed E-state index contributed by atoms with van der Waals surface area (Å²) in [5.41, 5.74) is -2.07. The lowest BCUT2D eigenvalue weighted by atomic mass is 10.1. The molecule has 0 spiro atoms. The van der Waals surface area contributed by atoms with Crippen molar-refractivity contribution < 1.29 is 32.2 Å². The number of alkyl halides is 3. The van der Waals surface area contributed by atoms with E-state index >= 15 is 0 Å². The van der Waals surface area contributed by atoms with Gasteiger partial charge in [0.2, 0.25) is 0 Å². The van der Waals surface area contributed by atoms with Crippen molar-refractivity contribution in [3.63, 3.8) is 0 Å². The minimum Gasteiger partial charge on any atom is -0.504 e. The number of methoxy groups -OCH3 is 1. The summed E-state index contributed by atoms with van der Waals surface area (Å²) < 4.78 is 60.1. The average molecular weight is 409 g/mol. The Bertz CT molecular complexity index is 1050. The van der Waals surface area contributed by atoms with Crippen molar-refractivity contribution in [2.24, 2.45) is 0 Å². The van der Waals surface area contributed by atoms with Crippen LogP contribution in [0.5, 0.6) is 11.5 Å². The van der Waals surface area contributed by atoms with Gasteiger partial charge in [-0.3, -0.25) is 4.79 Å². The molecule has 152 valence electrons. The van der Waals surface area contributed by atoms with E-state index in [1.165, 1.54) is 37.4 Å². The molecule has 0 unspecified atom stereocenters. The molecule has 0 aliphatic rings. The summed E-state index contributed by atoms with van der Waals surface area (Å²) in [6.45, 7) is -0.127. The number of hydrogen-bond acceptors (Lipinski definition) is 4. The highest BCUT2D eigenvalue weighted by Crippen LogP contribution is 2.34. The zero-order chi connectivity index (χ0) is 21.2. The van der Waals surface area contributed by atoms with Gasteiger partial charge in [-0.15, -0.1) is 0 Å². The molecule has 0 radical (unpaired) electrons. The van der Waals surface area contributed by atoms with Gasteiger partial charge < -0.3 is 15.2 Å². The third kappa shape index (κ3) is 4.15. The second-order valence-electron chi connectivity index (χ2n) is 5.96. The first-order valence-corrected chi connectivity index (χ1v) is 8.26. The topological polar surface area (TPSA) is 76.4 Å². The van der Waals surface area contributed by atoms with E-state index < -0.39 is 34.8 Å². The first-order chi connectivity index (χ1) is 13.7. The number of nitrogens with zero attached hydrogens (tertiary/aromatic N) is 2. The van der Waals surface area contributed by atoms with Crippen LogP contribution in [0.1, 0.15) is 21.6 Å². The zero-order valence-corrected chi connectivity index (χ0v) is 15.0. The van der Waals surface area contributed by atoms with Gasteiger partial charge in [0.15, 0.2) is 17.2 Å². The van der Waals surface area contributed by atoms with Gasteiger partial charge in [0.1, 0.15) is 11.5 Å². The summed E-state index contributed by atoms with van der Waals surface area (Å²) >= 11 is 0. The molecule has 0 saturated carbocycles. The number of carbonyl (C=O) groups is 1. The van der Waals surface area contributed by atoms with Crippen LogP contribution in [0.4, 0.5) is 17.6 Å². The lowest BCUT2D eigenvalue weighted by molar-refractivity contribution is -0.143. The second kappa shape index (κ2) is 7.82. The van der Waals surface area contributed by atoms with Crippen LogP contribution < -0.4 is 10.1 Å². The van der Waals surface area contributed by atoms with Gasteiger partial charge in [-0.1, -0.05) is 18.2 Å². The number of benzene rings is 2. The van der Waals surface area contributed by atoms with Gasteiger partial charge in [0.25, 0.3) is 5.91 Å². The fourth-order valence-corrected chi connectivity index (χ4v) is 2.70. The molecule has 1 amide bonds. The van der Waals surface area contributed by atoms with E-state index in [4.69, 9.17) is 4.74 Å². The van der Waals surface area contributed by atoms with E-state index in [0.29, 0.717) is 10.2 Å². The van der Waals surface area contributed by atoms with E-state index in [-0.39, 0.29) is 18.0 Å². The number of phenols is 1. The third-order valence-corrected chi connectivity index (χ3v) is 4.06. The number of hydrogen-bond donors (Lipinski definition) is 2. The molecule has 0 atom stereocenters. The molecule has 1 heterocycles. The summed E-state index contributed by atoms with van der Waals surface area (Å²) in [7, 11) is 1.34. The average Bonchev–Trinajstić information content (AvgIpc) is 3.13. The van der Waals surface area contributed by atoms with Crippen molar-refractivity contribution in [3.8, 4) is 17.2 Å². The molecular weight excluding hydrogens is 394 g/mol. The highest BCUT2D eigenvalue weighted by atomic mass is 19.4. The van der Waals surface area contributed by atoms with Crippen molar-refractivity contribution in [3.05, 3.63) is 71.3 Å². The number of halogens is 4. The predicted octanol–water partition coefficient (Wildman–Crippen LogP) is 3.67. The molecule has 10 heteroatoms. The summed E-state index contributed by atoms with van der Waals surface area (Å²) in [4.78, 5) is 12.4. The van der Waals surface area contributed by atoms with E-state index in [0.717, 1.165) is 18.3 Å². The zero-order valence-electron chi connectivity index (χ0n) is 15.0. The largest absolute Gasteiger partial charge is 0.504 e. The Hall–Kier alpha value is -3.56. The standard InChI is InChI=1S/C19H15F4N3O3/c1-29-16-8-11(6-7-15(16)27)9-24-18(28)12-10-25-26(17(12)19(21,22)23)14-5-3-2-4-13(14)20/h2-8,10,27H,9H2,1H3,(H,24,28). The fourth-order valence-electron chi connectivity index (χ4n) is 2.70. The third-order valence-electron chi connectivity index (χ3n) is 4.06. The number of aromatic hydroxyl groups is 1. The second-order valence-corrected chi connectivity index (χ2v) is 5.96. The summed E-state index contributed by atoms with van der Waals surface area (Å²) in [6, 6.07) is 9.05. The lowest BCUT2D eigenvalue weighted by Crippen LogP contribution is -2.26. The highest BCUT2D eigenvalue weighted by Gasteiger charge is 2.41. The minimum absolute atomic E-state index is 0.118. The monoisotopic (exact) mass is 409 g/mol. The number of phenolic OH excluding ortho intramolecular Hbond substituents is 1. The lowest BCUT2D eigenvalue weighted by Gasteiger charge is -2.13. The molecule has 6 nitrogen and oxygen atoms in total. The van der Waals surface area contributed by atoms with Crippen molar-refractivity contribution in [2.45, 2.75) is 12.7 Å². The number of para-hydroxylation sites is 1. The molecule has 3 rings (SSSR count). The van der Waals surface area contributed by atoms with Gasteiger partial charge in [0.05, 0.1) is 18.9 Å². The Labute approximate surface area is 162 Å². The molecule has 0 bridgehead atoms. The molecule has 1 aromatic heterocycles. The van der Waals surface area contributed by atoms with E-state index in [1.54, 1.807) is 0 Å². The van der Waals surface area contributed by atoms with Crippen LogP contribution in [-0.2, 0) is 12.7 Å². The summed E-state index contributed by atoms with van der Waals surface area (Å²) in [6.07, 6.45) is -4.21. The number of aromatic nitrogens is 2. The highest BCUT2D eigenvalue weighted by molar-refractivity contribution is 5.95. The molecule has 3 aromatic rings. The van der Waals surface area contributed by atoms with E-state index in [1.807, 2.05) is 0 Å². The van der Waals surface area contributed by atoms with Crippen LogP contribution in [0.15, 0.2) is 48.7 Å². The van der Waals surface area contributed by atoms with E-state index in [2.05, 4.69) is 10.4 Å². The summed E-state index contributed by atoms with van der Waals surface area (Å²) in [5.74, 6) is -1.91. The van der Waals surface area contributed by atoms with Gasteiger partial charge in [-0.05, 0) is 29.8 Å². The number of rotatable bonds is 5. The van der Waals surface area contributed by atoms with Gasteiger partial charge in [-0.2, -0.15) is 18.3 Å². The van der Waals surface area contributed by atoms with Crippen molar-refractivity contribution in [1.82, 2.24) is 15.1 Å².